The number of rotatable bonds is 6. The fraction of sp³-hybridized carbons (Fsp3) is 0.174. The van der Waals surface area contributed by atoms with Crippen molar-refractivity contribution in [1.82, 2.24) is 0 Å². The molecule has 0 fully saturated rings. The van der Waals surface area contributed by atoms with Crippen LogP contribution >= 0.6 is 11.8 Å². The number of anilines is 2. The first kappa shape index (κ1) is 21.3. The van der Waals surface area contributed by atoms with Crippen molar-refractivity contribution in [3.05, 3.63) is 84.4 Å². The van der Waals surface area contributed by atoms with E-state index in [1.165, 1.54) is 16.1 Å². The third-order valence-electron chi connectivity index (χ3n) is 4.92. The number of nitrogens with zero attached hydrogens (tertiary/aromatic N) is 1. The Morgan fingerprint density at radius 2 is 1.71 bits per heavy atom. The Labute approximate surface area is 186 Å². The summed E-state index contributed by atoms with van der Waals surface area (Å²) in [6.07, 6.45) is 0.950. The van der Waals surface area contributed by atoms with E-state index in [9.17, 15) is 13.2 Å². The van der Waals surface area contributed by atoms with Crippen molar-refractivity contribution in [2.24, 2.45) is 0 Å². The molecule has 1 heterocycles. The fourth-order valence-electron chi connectivity index (χ4n) is 3.43. The quantitative estimate of drug-likeness (QED) is 0.567. The molecule has 0 bridgehead atoms. The lowest BCUT2D eigenvalue weighted by atomic mass is 10.2. The van der Waals surface area contributed by atoms with Crippen LogP contribution in [0.15, 0.2) is 83.8 Å². The molecule has 3 aromatic rings. The predicted molar refractivity (Wildman–Crippen MR) is 124 cm³/mol. The molecular formula is C23H22N2O4S2. The number of thioether (sulfide) groups is 1. The molecule has 31 heavy (non-hydrogen) atoms. The highest BCUT2D eigenvalue weighted by Gasteiger charge is 2.36. The Morgan fingerprint density at radius 1 is 1.03 bits per heavy atom. The standard InChI is InChI=1S/C23H22N2O4S2/c1-30-22-14-8-5-11-18(22)24-23(26)21-15-25(19-12-6-7-13-20(19)29-21)31(27,28)16-17-9-3-2-4-10-17/h2-14,21H,15-16H2,1H3,(H,24,26)/t21-/m1/s1. The molecule has 0 saturated carbocycles. The van der Waals surface area contributed by atoms with Crippen LogP contribution in [0.1, 0.15) is 5.56 Å². The third-order valence-corrected chi connectivity index (χ3v) is 7.43. The maximum absolute atomic E-state index is 13.3. The second-order valence-electron chi connectivity index (χ2n) is 7.04. The average molecular weight is 455 g/mol. The van der Waals surface area contributed by atoms with E-state index in [0.29, 0.717) is 22.7 Å². The van der Waals surface area contributed by atoms with E-state index in [-0.39, 0.29) is 12.3 Å². The van der Waals surface area contributed by atoms with Crippen LogP contribution in [0.5, 0.6) is 5.75 Å². The first-order chi connectivity index (χ1) is 15.0. The van der Waals surface area contributed by atoms with E-state index in [1.54, 1.807) is 48.5 Å². The van der Waals surface area contributed by atoms with Gasteiger partial charge in [0.1, 0.15) is 5.75 Å². The van der Waals surface area contributed by atoms with Gasteiger partial charge in [0.25, 0.3) is 5.91 Å². The summed E-state index contributed by atoms with van der Waals surface area (Å²) in [5.41, 5.74) is 1.79. The van der Waals surface area contributed by atoms with Gasteiger partial charge in [0.05, 0.1) is 23.7 Å². The highest BCUT2D eigenvalue weighted by atomic mass is 32.2. The van der Waals surface area contributed by atoms with E-state index in [4.69, 9.17) is 4.74 Å². The summed E-state index contributed by atoms with van der Waals surface area (Å²) in [7, 11) is -3.73. The van der Waals surface area contributed by atoms with Gasteiger partial charge in [-0.05, 0) is 36.1 Å². The largest absolute Gasteiger partial charge is 0.476 e. The molecule has 8 heteroatoms. The number of nitrogens with one attached hydrogen (secondary N) is 1. The predicted octanol–water partition coefficient (Wildman–Crippen LogP) is 4.14. The molecule has 6 nitrogen and oxygen atoms in total. The molecular weight excluding hydrogens is 432 g/mol. The molecule has 1 N–H and O–H groups in total. The van der Waals surface area contributed by atoms with Gasteiger partial charge in [0, 0.05) is 4.90 Å². The topological polar surface area (TPSA) is 75.7 Å². The summed E-state index contributed by atoms with van der Waals surface area (Å²) in [6.45, 7) is -0.0978. The van der Waals surface area contributed by atoms with E-state index < -0.39 is 22.0 Å². The second kappa shape index (κ2) is 9.03. The van der Waals surface area contributed by atoms with Gasteiger partial charge < -0.3 is 10.1 Å². The third kappa shape index (κ3) is 4.70. The Bertz CT molecular complexity index is 1180. The van der Waals surface area contributed by atoms with Crippen LogP contribution in [0.4, 0.5) is 11.4 Å². The van der Waals surface area contributed by atoms with Gasteiger partial charge in [-0.1, -0.05) is 54.6 Å². The number of fused-ring (bicyclic) bond motifs is 1. The Morgan fingerprint density at radius 3 is 2.48 bits per heavy atom. The molecule has 0 radical (unpaired) electrons. The molecule has 3 aromatic carbocycles. The first-order valence-corrected chi connectivity index (χ1v) is 12.6. The van der Waals surface area contributed by atoms with E-state index in [2.05, 4.69) is 5.32 Å². The monoisotopic (exact) mass is 454 g/mol. The van der Waals surface area contributed by atoms with Crippen LogP contribution < -0.4 is 14.4 Å². The van der Waals surface area contributed by atoms with Crippen LogP contribution in [0.25, 0.3) is 0 Å². The van der Waals surface area contributed by atoms with Crippen molar-refractivity contribution in [2.75, 3.05) is 22.4 Å². The molecule has 0 unspecified atom stereocenters. The fourth-order valence-corrected chi connectivity index (χ4v) is 5.56. The molecule has 160 valence electrons. The zero-order chi connectivity index (χ0) is 21.8. The van der Waals surface area contributed by atoms with Crippen molar-refractivity contribution in [3.8, 4) is 5.75 Å². The summed E-state index contributed by atoms with van der Waals surface area (Å²) >= 11 is 1.52. The highest BCUT2D eigenvalue weighted by Crippen LogP contribution is 2.36. The van der Waals surface area contributed by atoms with Crippen molar-refractivity contribution in [1.29, 1.82) is 0 Å². The number of para-hydroxylation sites is 3. The van der Waals surface area contributed by atoms with Crippen LogP contribution in [-0.2, 0) is 20.6 Å². The number of carbonyl (C=O) groups excluding carboxylic acids is 1. The van der Waals surface area contributed by atoms with Crippen LogP contribution in [-0.4, -0.2) is 33.2 Å². The van der Waals surface area contributed by atoms with E-state index in [1.807, 2.05) is 36.6 Å². The zero-order valence-corrected chi connectivity index (χ0v) is 18.5. The van der Waals surface area contributed by atoms with Crippen molar-refractivity contribution in [3.63, 3.8) is 0 Å². The lowest BCUT2D eigenvalue weighted by molar-refractivity contribution is -0.122. The molecule has 1 atom stereocenters. The van der Waals surface area contributed by atoms with E-state index >= 15 is 0 Å². The Hall–Kier alpha value is -2.97. The van der Waals surface area contributed by atoms with Gasteiger partial charge in [0.15, 0.2) is 6.10 Å². The molecule has 0 aromatic heterocycles. The number of hydrogen-bond acceptors (Lipinski definition) is 5. The minimum atomic E-state index is -3.73. The zero-order valence-electron chi connectivity index (χ0n) is 16.9. The van der Waals surface area contributed by atoms with Crippen molar-refractivity contribution in [2.45, 2.75) is 16.8 Å². The molecule has 1 aliphatic rings. The number of sulfonamides is 1. The SMILES string of the molecule is CSc1ccccc1NC(=O)[C@H]1CN(S(=O)(=O)Cc2ccccc2)c2ccccc2O1. The summed E-state index contributed by atoms with van der Waals surface area (Å²) < 4.78 is 33.7. The van der Waals surface area contributed by atoms with Crippen LogP contribution in [0, 0.1) is 0 Å². The maximum Gasteiger partial charge on any atom is 0.267 e. The normalized spacial score (nSPS) is 15.6. The van der Waals surface area contributed by atoms with Gasteiger partial charge >= 0.3 is 0 Å². The smallest absolute Gasteiger partial charge is 0.267 e. The van der Waals surface area contributed by atoms with Gasteiger partial charge in [-0.2, -0.15) is 0 Å². The summed E-state index contributed by atoms with van der Waals surface area (Å²) in [6, 6.07) is 23.3. The molecule has 1 aliphatic heterocycles. The minimum absolute atomic E-state index is 0.0978. The molecule has 1 amide bonds. The second-order valence-corrected chi connectivity index (χ2v) is 9.78. The van der Waals surface area contributed by atoms with Crippen LogP contribution in [0.2, 0.25) is 0 Å². The highest BCUT2D eigenvalue weighted by molar-refractivity contribution is 7.98. The average Bonchev–Trinajstić information content (AvgIpc) is 2.79. The molecule has 0 saturated heterocycles. The lowest BCUT2D eigenvalue weighted by Crippen LogP contribution is -2.49. The summed E-state index contributed by atoms with van der Waals surface area (Å²) in [4.78, 5) is 13.9. The van der Waals surface area contributed by atoms with Gasteiger partial charge in [0.2, 0.25) is 10.0 Å². The molecule has 0 spiro atoms. The van der Waals surface area contributed by atoms with Crippen molar-refractivity contribution < 1.29 is 17.9 Å². The van der Waals surface area contributed by atoms with E-state index in [0.717, 1.165) is 4.90 Å². The Kier molecular flexibility index (Phi) is 6.20. The maximum atomic E-state index is 13.3. The molecule has 4 rings (SSSR count). The molecule has 0 aliphatic carbocycles. The van der Waals surface area contributed by atoms with Gasteiger partial charge in [-0.25, -0.2) is 8.42 Å². The summed E-state index contributed by atoms with van der Waals surface area (Å²) in [5.74, 6) is -0.189. The number of benzene rings is 3. The number of hydrogen-bond donors (Lipinski definition) is 1. The van der Waals surface area contributed by atoms with Gasteiger partial charge in [-0.15, -0.1) is 11.8 Å². The summed E-state index contributed by atoms with van der Waals surface area (Å²) in [5, 5.41) is 2.88. The lowest BCUT2D eigenvalue weighted by Gasteiger charge is -2.34. The number of ether oxygens (including phenoxy) is 1. The minimum Gasteiger partial charge on any atom is -0.476 e. The van der Waals surface area contributed by atoms with Crippen molar-refractivity contribution >= 4 is 39.1 Å². The Balaban J connectivity index is 1.62. The van der Waals surface area contributed by atoms with Gasteiger partial charge in [-0.3, -0.25) is 9.10 Å². The van der Waals surface area contributed by atoms with Crippen LogP contribution in [0.3, 0.4) is 0 Å². The number of carbonyl (C=O) groups is 1. The first-order valence-electron chi connectivity index (χ1n) is 9.72. The number of amides is 1.